The Kier molecular flexibility index (Phi) is 3.79. The van der Waals surface area contributed by atoms with Gasteiger partial charge in [0.25, 0.3) is 0 Å². The van der Waals surface area contributed by atoms with Crippen molar-refractivity contribution in [3.05, 3.63) is 63.9 Å². The van der Waals surface area contributed by atoms with Crippen molar-refractivity contribution in [1.29, 1.82) is 0 Å². The van der Waals surface area contributed by atoms with E-state index in [4.69, 9.17) is 4.42 Å². The maximum atomic E-state index is 11.9. The largest absolute Gasteiger partial charge is 0.504 e. The van der Waals surface area contributed by atoms with Gasteiger partial charge in [0.15, 0.2) is 17.3 Å². The van der Waals surface area contributed by atoms with E-state index in [0.29, 0.717) is 11.0 Å². The fraction of sp³-hybridized carbons (Fsp3) is 0.133. The molecule has 0 aliphatic carbocycles. The fourth-order valence-corrected chi connectivity index (χ4v) is 1.76. The Labute approximate surface area is 114 Å². The molecule has 0 aliphatic rings. The molecule has 2 rings (SSSR count). The van der Waals surface area contributed by atoms with Crippen LogP contribution < -0.4 is 5.43 Å². The number of hydrogen-bond acceptors (Lipinski definition) is 5. The van der Waals surface area contributed by atoms with Crippen molar-refractivity contribution in [2.45, 2.75) is 13.3 Å². The van der Waals surface area contributed by atoms with Crippen LogP contribution in [0.5, 0.6) is 5.75 Å². The summed E-state index contributed by atoms with van der Waals surface area (Å²) in [6, 6.07) is 6.57. The SMILES string of the molecule is C/C=C(O)\C(O)=C/Cc1oc2ccccc2c(=O)c1O. The molecule has 1 aromatic heterocycles. The summed E-state index contributed by atoms with van der Waals surface area (Å²) >= 11 is 0. The van der Waals surface area contributed by atoms with Gasteiger partial charge in [-0.3, -0.25) is 4.79 Å². The first-order chi connectivity index (χ1) is 9.54. The van der Waals surface area contributed by atoms with Gasteiger partial charge in [-0.15, -0.1) is 0 Å². The number of aromatic hydroxyl groups is 1. The summed E-state index contributed by atoms with van der Waals surface area (Å²) in [5, 5.41) is 28.9. The van der Waals surface area contributed by atoms with Crippen LogP contribution in [0.3, 0.4) is 0 Å². The van der Waals surface area contributed by atoms with Gasteiger partial charge < -0.3 is 19.7 Å². The van der Waals surface area contributed by atoms with Crippen LogP contribution in [0.15, 0.2) is 57.1 Å². The first-order valence-electron chi connectivity index (χ1n) is 6.03. The summed E-state index contributed by atoms with van der Waals surface area (Å²) in [6.07, 6.45) is 2.56. The minimum atomic E-state index is -0.523. The van der Waals surface area contributed by atoms with E-state index in [1.165, 1.54) is 12.2 Å². The Hall–Kier alpha value is -2.69. The van der Waals surface area contributed by atoms with Crippen molar-refractivity contribution in [3.63, 3.8) is 0 Å². The number of hydrogen-bond donors (Lipinski definition) is 3. The van der Waals surface area contributed by atoms with Crippen LogP contribution in [-0.2, 0) is 6.42 Å². The number of fused-ring (bicyclic) bond motifs is 1. The lowest BCUT2D eigenvalue weighted by Crippen LogP contribution is -2.04. The molecule has 0 spiro atoms. The summed E-state index contributed by atoms with van der Waals surface area (Å²) in [6.45, 7) is 1.56. The molecule has 0 fully saturated rings. The molecule has 1 aromatic carbocycles. The van der Waals surface area contributed by atoms with Gasteiger partial charge >= 0.3 is 0 Å². The molecular formula is C15H14O5. The summed E-state index contributed by atoms with van der Waals surface area (Å²) < 4.78 is 5.43. The Morgan fingerprint density at radius 1 is 1.25 bits per heavy atom. The van der Waals surface area contributed by atoms with Crippen LogP contribution >= 0.6 is 0 Å². The lowest BCUT2D eigenvalue weighted by Gasteiger charge is -2.04. The molecule has 3 N–H and O–H groups in total. The third-order valence-corrected chi connectivity index (χ3v) is 2.86. The minimum absolute atomic E-state index is 0.0182. The number of aliphatic hydroxyl groups is 2. The van der Waals surface area contributed by atoms with E-state index >= 15 is 0 Å². The van der Waals surface area contributed by atoms with E-state index in [1.807, 2.05) is 0 Å². The molecule has 5 heteroatoms. The van der Waals surface area contributed by atoms with E-state index in [0.717, 1.165) is 0 Å². The molecule has 0 saturated heterocycles. The number of aliphatic hydroxyl groups excluding tert-OH is 2. The van der Waals surface area contributed by atoms with Gasteiger partial charge in [-0.2, -0.15) is 0 Å². The molecule has 104 valence electrons. The number of para-hydroxylation sites is 1. The van der Waals surface area contributed by atoms with E-state index in [-0.39, 0.29) is 23.7 Å². The normalized spacial score (nSPS) is 12.8. The Morgan fingerprint density at radius 2 is 1.95 bits per heavy atom. The molecule has 1 heterocycles. The average molecular weight is 274 g/mol. The molecule has 5 nitrogen and oxygen atoms in total. The Balaban J connectivity index is 2.46. The highest BCUT2D eigenvalue weighted by atomic mass is 16.4. The van der Waals surface area contributed by atoms with Crippen molar-refractivity contribution >= 4 is 11.0 Å². The summed E-state index contributed by atoms with van der Waals surface area (Å²) in [7, 11) is 0. The standard InChI is InChI=1S/C15H14O5/c1-2-10(16)11(17)7-8-13-15(19)14(18)9-5-3-4-6-12(9)20-13/h2-7,16-17,19H,8H2,1H3/b10-2+,11-7+. The summed E-state index contributed by atoms with van der Waals surface area (Å²) in [5.41, 5.74) is -0.168. The third kappa shape index (κ3) is 2.51. The predicted molar refractivity (Wildman–Crippen MR) is 75.0 cm³/mol. The highest BCUT2D eigenvalue weighted by molar-refractivity contribution is 5.77. The van der Waals surface area contributed by atoms with Crippen molar-refractivity contribution in [1.82, 2.24) is 0 Å². The lowest BCUT2D eigenvalue weighted by atomic mass is 10.1. The molecule has 0 aliphatic heterocycles. The van der Waals surface area contributed by atoms with Crippen molar-refractivity contribution in [2.24, 2.45) is 0 Å². The zero-order valence-corrected chi connectivity index (χ0v) is 10.8. The molecule has 0 amide bonds. The second-order valence-corrected chi connectivity index (χ2v) is 4.17. The van der Waals surface area contributed by atoms with Crippen molar-refractivity contribution in [2.75, 3.05) is 0 Å². The fourth-order valence-electron chi connectivity index (χ4n) is 1.76. The summed E-state index contributed by atoms with van der Waals surface area (Å²) in [4.78, 5) is 11.9. The summed E-state index contributed by atoms with van der Waals surface area (Å²) in [5.74, 6) is -1.09. The molecule has 0 unspecified atom stereocenters. The number of allylic oxidation sites excluding steroid dienone is 2. The van der Waals surface area contributed by atoms with Gasteiger partial charge in [0.2, 0.25) is 11.2 Å². The van der Waals surface area contributed by atoms with Crippen LogP contribution in [0.1, 0.15) is 12.7 Å². The average Bonchev–Trinajstić information content (AvgIpc) is 2.48. The topological polar surface area (TPSA) is 90.9 Å². The monoisotopic (exact) mass is 274 g/mol. The molecule has 20 heavy (non-hydrogen) atoms. The van der Waals surface area contributed by atoms with Gasteiger partial charge in [0, 0.05) is 6.42 Å². The zero-order chi connectivity index (χ0) is 14.7. The molecule has 0 saturated carbocycles. The van der Waals surface area contributed by atoms with Crippen LogP contribution in [0.4, 0.5) is 0 Å². The van der Waals surface area contributed by atoms with Crippen LogP contribution in [-0.4, -0.2) is 15.3 Å². The zero-order valence-electron chi connectivity index (χ0n) is 10.8. The highest BCUT2D eigenvalue weighted by Gasteiger charge is 2.12. The Bertz CT molecular complexity index is 752. The van der Waals surface area contributed by atoms with Gasteiger partial charge in [-0.1, -0.05) is 12.1 Å². The van der Waals surface area contributed by atoms with Gasteiger partial charge in [-0.05, 0) is 31.2 Å². The van der Waals surface area contributed by atoms with Gasteiger partial charge in [0.1, 0.15) is 5.58 Å². The van der Waals surface area contributed by atoms with E-state index < -0.39 is 11.2 Å². The predicted octanol–water partition coefficient (Wildman–Crippen LogP) is 2.94. The number of benzene rings is 1. The van der Waals surface area contributed by atoms with Gasteiger partial charge in [-0.25, -0.2) is 0 Å². The van der Waals surface area contributed by atoms with Crippen molar-refractivity contribution in [3.8, 4) is 5.75 Å². The second-order valence-electron chi connectivity index (χ2n) is 4.17. The third-order valence-electron chi connectivity index (χ3n) is 2.86. The van der Waals surface area contributed by atoms with Crippen LogP contribution in [0, 0.1) is 0 Å². The second kappa shape index (κ2) is 5.52. The molecule has 0 radical (unpaired) electrons. The smallest absolute Gasteiger partial charge is 0.234 e. The number of rotatable bonds is 3. The maximum Gasteiger partial charge on any atom is 0.234 e. The first kappa shape index (κ1) is 13.7. The van der Waals surface area contributed by atoms with E-state index in [9.17, 15) is 20.1 Å². The molecule has 0 atom stereocenters. The van der Waals surface area contributed by atoms with Crippen LogP contribution in [0.2, 0.25) is 0 Å². The Morgan fingerprint density at radius 3 is 2.65 bits per heavy atom. The van der Waals surface area contributed by atoms with Crippen LogP contribution in [0.25, 0.3) is 11.0 Å². The molecular weight excluding hydrogens is 260 g/mol. The minimum Gasteiger partial charge on any atom is -0.504 e. The lowest BCUT2D eigenvalue weighted by molar-refractivity contribution is 0.324. The first-order valence-corrected chi connectivity index (χ1v) is 6.03. The highest BCUT2D eigenvalue weighted by Crippen LogP contribution is 2.21. The van der Waals surface area contributed by atoms with E-state index in [1.54, 1.807) is 31.2 Å². The maximum absolute atomic E-state index is 11.9. The van der Waals surface area contributed by atoms with E-state index in [2.05, 4.69) is 0 Å². The molecule has 2 aromatic rings. The van der Waals surface area contributed by atoms with Gasteiger partial charge in [0.05, 0.1) is 5.39 Å². The van der Waals surface area contributed by atoms with Crippen molar-refractivity contribution < 1.29 is 19.7 Å². The molecule has 0 bridgehead atoms. The quantitative estimate of drug-likeness (QED) is 0.591.